The molecule has 2 N–H and O–H groups in total. The van der Waals surface area contributed by atoms with Crippen LogP contribution < -0.4 is 10.5 Å². The molecule has 1 aliphatic rings. The van der Waals surface area contributed by atoms with E-state index in [4.69, 9.17) is 10.5 Å². The van der Waals surface area contributed by atoms with E-state index in [1.807, 2.05) is 0 Å². The van der Waals surface area contributed by atoms with Crippen molar-refractivity contribution in [3.8, 4) is 5.75 Å². The molecule has 2 rings (SSSR count). The Labute approximate surface area is 87.0 Å². The van der Waals surface area contributed by atoms with Crippen LogP contribution >= 0.6 is 0 Å². The molecule has 1 saturated carbocycles. The molecule has 0 radical (unpaired) electrons. The van der Waals surface area contributed by atoms with Gasteiger partial charge in [0.1, 0.15) is 0 Å². The van der Waals surface area contributed by atoms with Gasteiger partial charge in [0, 0.05) is 18.0 Å². The van der Waals surface area contributed by atoms with Crippen LogP contribution in [0.2, 0.25) is 0 Å². The highest BCUT2D eigenvalue weighted by Gasteiger charge is 2.35. The van der Waals surface area contributed by atoms with Gasteiger partial charge in [-0.1, -0.05) is 6.07 Å². The van der Waals surface area contributed by atoms with Crippen molar-refractivity contribution in [3.05, 3.63) is 33.9 Å². The van der Waals surface area contributed by atoms with Crippen LogP contribution in [0.5, 0.6) is 5.75 Å². The van der Waals surface area contributed by atoms with E-state index in [-0.39, 0.29) is 11.7 Å². The minimum atomic E-state index is -0.449. The third-order valence-corrected chi connectivity index (χ3v) is 2.67. The summed E-state index contributed by atoms with van der Waals surface area (Å²) in [6, 6.07) is 5.11. The number of rotatable bonds is 3. The number of hydrogen-bond donors (Lipinski definition) is 1. The van der Waals surface area contributed by atoms with Crippen LogP contribution in [0.1, 0.15) is 17.9 Å². The van der Waals surface area contributed by atoms with Crippen molar-refractivity contribution in [1.29, 1.82) is 0 Å². The fourth-order valence-corrected chi connectivity index (χ4v) is 1.67. The van der Waals surface area contributed by atoms with Crippen LogP contribution in [0, 0.1) is 10.1 Å². The second kappa shape index (κ2) is 3.51. The highest BCUT2D eigenvalue weighted by molar-refractivity contribution is 5.50. The van der Waals surface area contributed by atoms with Gasteiger partial charge in [0.05, 0.1) is 12.0 Å². The predicted octanol–water partition coefficient (Wildman–Crippen LogP) is 1.42. The summed E-state index contributed by atoms with van der Waals surface area (Å²) in [4.78, 5) is 10.2. The van der Waals surface area contributed by atoms with Crippen molar-refractivity contribution >= 4 is 5.69 Å². The summed E-state index contributed by atoms with van der Waals surface area (Å²) < 4.78 is 4.98. The van der Waals surface area contributed by atoms with Gasteiger partial charge >= 0.3 is 5.69 Å². The third kappa shape index (κ3) is 1.78. The lowest BCUT2D eigenvalue weighted by Gasteiger charge is -2.04. The molecule has 5 nitrogen and oxygen atoms in total. The Morgan fingerprint density at radius 1 is 1.60 bits per heavy atom. The Bertz CT molecular complexity index is 406. The highest BCUT2D eigenvalue weighted by atomic mass is 16.6. The molecule has 0 spiro atoms. The van der Waals surface area contributed by atoms with E-state index in [9.17, 15) is 10.1 Å². The Balaban J connectivity index is 2.34. The largest absolute Gasteiger partial charge is 0.490 e. The molecule has 5 heteroatoms. The standard InChI is InChI=1S/C10H12N2O3/c1-15-10-4-6(7-5-8(7)11)2-3-9(10)12(13)14/h2-4,7-8H,5,11H2,1H3. The van der Waals surface area contributed by atoms with Crippen molar-refractivity contribution in [1.82, 2.24) is 0 Å². The van der Waals surface area contributed by atoms with Gasteiger partial charge in [-0.25, -0.2) is 0 Å². The fraction of sp³-hybridized carbons (Fsp3) is 0.400. The number of ether oxygens (including phenoxy) is 1. The number of nitro groups is 1. The van der Waals surface area contributed by atoms with E-state index in [1.165, 1.54) is 13.2 Å². The van der Waals surface area contributed by atoms with Crippen molar-refractivity contribution < 1.29 is 9.66 Å². The summed E-state index contributed by atoms with van der Waals surface area (Å²) in [6.45, 7) is 0. The molecule has 2 unspecified atom stereocenters. The minimum Gasteiger partial charge on any atom is -0.490 e. The Kier molecular flexibility index (Phi) is 2.32. The maximum Gasteiger partial charge on any atom is 0.310 e. The molecular formula is C10H12N2O3. The van der Waals surface area contributed by atoms with E-state index in [0.717, 1.165) is 12.0 Å². The van der Waals surface area contributed by atoms with Crippen molar-refractivity contribution in [2.24, 2.45) is 5.73 Å². The van der Waals surface area contributed by atoms with Crippen LogP contribution in [0.25, 0.3) is 0 Å². The normalized spacial score (nSPS) is 23.6. The maximum absolute atomic E-state index is 10.6. The molecule has 2 atom stereocenters. The predicted molar refractivity (Wildman–Crippen MR) is 55.0 cm³/mol. The number of hydrogen-bond acceptors (Lipinski definition) is 4. The van der Waals surface area contributed by atoms with Crippen LogP contribution in [-0.2, 0) is 0 Å². The van der Waals surface area contributed by atoms with Gasteiger partial charge in [-0.15, -0.1) is 0 Å². The molecule has 1 aliphatic carbocycles. The lowest BCUT2D eigenvalue weighted by atomic mass is 10.1. The van der Waals surface area contributed by atoms with Gasteiger partial charge in [-0.3, -0.25) is 10.1 Å². The topological polar surface area (TPSA) is 78.4 Å². The molecule has 0 amide bonds. The average molecular weight is 208 g/mol. The third-order valence-electron chi connectivity index (χ3n) is 2.67. The Morgan fingerprint density at radius 2 is 2.27 bits per heavy atom. The summed E-state index contributed by atoms with van der Waals surface area (Å²) >= 11 is 0. The molecule has 0 bridgehead atoms. The van der Waals surface area contributed by atoms with E-state index >= 15 is 0 Å². The first kappa shape index (κ1) is 9.92. The van der Waals surface area contributed by atoms with Crippen molar-refractivity contribution in [2.75, 3.05) is 7.11 Å². The minimum absolute atomic E-state index is 0.00419. The summed E-state index contributed by atoms with van der Waals surface area (Å²) in [6.07, 6.45) is 0.945. The molecule has 15 heavy (non-hydrogen) atoms. The lowest BCUT2D eigenvalue weighted by Crippen LogP contribution is -2.01. The first-order valence-corrected chi connectivity index (χ1v) is 4.71. The molecule has 1 fully saturated rings. The van der Waals surface area contributed by atoms with E-state index in [2.05, 4.69) is 0 Å². The summed E-state index contributed by atoms with van der Waals surface area (Å²) in [5.41, 5.74) is 6.73. The fourth-order valence-electron chi connectivity index (χ4n) is 1.67. The number of benzene rings is 1. The number of nitrogens with two attached hydrogens (primary N) is 1. The zero-order valence-electron chi connectivity index (χ0n) is 8.34. The molecule has 80 valence electrons. The van der Waals surface area contributed by atoms with Gasteiger partial charge in [0.25, 0.3) is 0 Å². The molecule has 0 heterocycles. The monoisotopic (exact) mass is 208 g/mol. The van der Waals surface area contributed by atoms with Gasteiger partial charge in [0.2, 0.25) is 0 Å². The highest BCUT2D eigenvalue weighted by Crippen LogP contribution is 2.41. The summed E-state index contributed by atoms with van der Waals surface area (Å²) in [5.74, 6) is 0.635. The van der Waals surface area contributed by atoms with Crippen molar-refractivity contribution in [2.45, 2.75) is 18.4 Å². The zero-order valence-corrected chi connectivity index (χ0v) is 8.34. The molecule has 0 saturated heterocycles. The maximum atomic E-state index is 10.6. The molecule has 1 aromatic rings. The van der Waals surface area contributed by atoms with Crippen LogP contribution in [0.4, 0.5) is 5.69 Å². The smallest absolute Gasteiger partial charge is 0.310 e. The van der Waals surface area contributed by atoms with E-state index in [1.54, 1.807) is 12.1 Å². The number of nitrogens with zero attached hydrogens (tertiary/aromatic N) is 1. The summed E-state index contributed by atoms with van der Waals surface area (Å²) in [5, 5.41) is 10.6. The van der Waals surface area contributed by atoms with Gasteiger partial charge in [-0.05, 0) is 18.1 Å². The second-order valence-corrected chi connectivity index (χ2v) is 3.69. The van der Waals surface area contributed by atoms with Crippen LogP contribution in [0.3, 0.4) is 0 Å². The molecule has 0 aliphatic heterocycles. The Morgan fingerprint density at radius 3 is 2.73 bits per heavy atom. The van der Waals surface area contributed by atoms with Gasteiger partial charge in [0.15, 0.2) is 5.75 Å². The van der Waals surface area contributed by atoms with Gasteiger partial charge in [-0.2, -0.15) is 0 Å². The Hall–Kier alpha value is -1.62. The molecule has 1 aromatic carbocycles. The van der Waals surface area contributed by atoms with Crippen molar-refractivity contribution in [3.63, 3.8) is 0 Å². The first-order chi connectivity index (χ1) is 7.13. The second-order valence-electron chi connectivity index (χ2n) is 3.69. The number of methoxy groups -OCH3 is 1. The van der Waals surface area contributed by atoms with Gasteiger partial charge < -0.3 is 10.5 Å². The van der Waals surface area contributed by atoms with Crippen LogP contribution in [0.15, 0.2) is 18.2 Å². The summed E-state index contributed by atoms with van der Waals surface area (Å²) in [7, 11) is 1.43. The number of nitro benzene ring substituents is 1. The average Bonchev–Trinajstić information content (AvgIpc) is 2.94. The first-order valence-electron chi connectivity index (χ1n) is 4.71. The molecular weight excluding hydrogens is 196 g/mol. The van der Waals surface area contributed by atoms with E-state index < -0.39 is 4.92 Å². The lowest BCUT2D eigenvalue weighted by molar-refractivity contribution is -0.385. The van der Waals surface area contributed by atoms with Crippen LogP contribution in [-0.4, -0.2) is 18.1 Å². The zero-order chi connectivity index (χ0) is 11.0. The molecule has 0 aromatic heterocycles. The van der Waals surface area contributed by atoms with E-state index in [0.29, 0.717) is 11.7 Å². The SMILES string of the molecule is COc1cc(C2CC2N)ccc1[N+](=O)[O-]. The quantitative estimate of drug-likeness (QED) is 0.601.